The number of halogens is 1. The van der Waals surface area contributed by atoms with Gasteiger partial charge in [-0.25, -0.2) is 4.79 Å². The molecule has 1 aliphatic carbocycles. The molecule has 100 valence electrons. The highest BCUT2D eigenvalue weighted by Crippen LogP contribution is 2.35. The van der Waals surface area contributed by atoms with Gasteiger partial charge in [-0.1, -0.05) is 27.2 Å². The van der Waals surface area contributed by atoms with Crippen molar-refractivity contribution in [3.63, 3.8) is 0 Å². The van der Waals surface area contributed by atoms with Crippen LogP contribution < -0.4 is 0 Å². The highest BCUT2D eigenvalue weighted by atomic mass is 79.9. The third-order valence-electron chi connectivity index (χ3n) is 3.47. The summed E-state index contributed by atoms with van der Waals surface area (Å²) in [6.45, 7) is 8.35. The predicted molar refractivity (Wildman–Crippen MR) is 71.1 cm³/mol. The lowest BCUT2D eigenvalue weighted by atomic mass is 9.75. The van der Waals surface area contributed by atoms with E-state index in [1.165, 1.54) is 6.42 Å². The molecule has 4 heteroatoms. The van der Waals surface area contributed by atoms with Crippen LogP contribution in [0.1, 0.15) is 47.0 Å². The number of carbonyl (C=O) groups excluding carboxylic acids is 1. The molecule has 17 heavy (non-hydrogen) atoms. The van der Waals surface area contributed by atoms with Crippen molar-refractivity contribution >= 4 is 22.1 Å². The Morgan fingerprint density at radius 1 is 1.29 bits per heavy atom. The topological polar surface area (TPSA) is 35.5 Å². The Morgan fingerprint density at radius 3 is 2.47 bits per heavy atom. The average Bonchev–Trinajstić information content (AvgIpc) is 2.15. The molecular formula is C13H23BrO3. The SMILES string of the molecule is CC(Br)OC(=O)O[C@@H]1C[C@H](C)CC[C@H]1C(C)C. The van der Waals surface area contributed by atoms with E-state index in [0.29, 0.717) is 17.8 Å². The van der Waals surface area contributed by atoms with Crippen LogP contribution in [-0.2, 0) is 9.47 Å². The molecule has 4 atom stereocenters. The van der Waals surface area contributed by atoms with Crippen molar-refractivity contribution in [1.29, 1.82) is 0 Å². The molecule has 0 spiro atoms. The molecule has 0 saturated heterocycles. The average molecular weight is 307 g/mol. The fourth-order valence-electron chi connectivity index (χ4n) is 2.53. The summed E-state index contributed by atoms with van der Waals surface area (Å²) in [5.41, 5.74) is 0. The lowest BCUT2D eigenvalue weighted by Crippen LogP contribution is -2.36. The van der Waals surface area contributed by atoms with Gasteiger partial charge in [-0.2, -0.15) is 0 Å². The quantitative estimate of drug-likeness (QED) is 0.574. The van der Waals surface area contributed by atoms with E-state index in [1.807, 2.05) is 0 Å². The highest BCUT2D eigenvalue weighted by Gasteiger charge is 2.33. The molecule has 1 unspecified atom stereocenters. The first-order valence-electron chi connectivity index (χ1n) is 6.41. The van der Waals surface area contributed by atoms with Gasteiger partial charge in [0.15, 0.2) is 5.01 Å². The third-order valence-corrected chi connectivity index (χ3v) is 3.65. The van der Waals surface area contributed by atoms with Gasteiger partial charge in [0.25, 0.3) is 0 Å². The Bertz CT molecular complexity index is 253. The zero-order chi connectivity index (χ0) is 13.0. The molecule has 1 rings (SSSR count). The fraction of sp³-hybridized carbons (Fsp3) is 0.923. The molecule has 1 fully saturated rings. The smallest absolute Gasteiger partial charge is 0.431 e. The summed E-state index contributed by atoms with van der Waals surface area (Å²) in [6, 6.07) is 0. The van der Waals surface area contributed by atoms with E-state index in [9.17, 15) is 4.79 Å². The van der Waals surface area contributed by atoms with Gasteiger partial charge in [-0.3, -0.25) is 0 Å². The van der Waals surface area contributed by atoms with Crippen LogP contribution in [0.5, 0.6) is 0 Å². The van der Waals surface area contributed by atoms with Gasteiger partial charge in [-0.15, -0.1) is 0 Å². The van der Waals surface area contributed by atoms with E-state index in [1.54, 1.807) is 6.92 Å². The molecular weight excluding hydrogens is 284 g/mol. The van der Waals surface area contributed by atoms with Crippen LogP contribution in [0, 0.1) is 17.8 Å². The molecule has 0 aromatic carbocycles. The van der Waals surface area contributed by atoms with Crippen LogP contribution in [0.25, 0.3) is 0 Å². The Kier molecular flexibility index (Phi) is 5.77. The predicted octanol–water partition coefficient (Wildman–Crippen LogP) is 4.34. The Hall–Kier alpha value is -0.250. The number of ether oxygens (including phenoxy) is 2. The summed E-state index contributed by atoms with van der Waals surface area (Å²) in [7, 11) is 0. The summed E-state index contributed by atoms with van der Waals surface area (Å²) in [4.78, 5) is 11.5. The number of alkyl halides is 1. The fourth-order valence-corrected chi connectivity index (χ4v) is 2.69. The maximum atomic E-state index is 11.5. The highest BCUT2D eigenvalue weighted by molar-refractivity contribution is 9.09. The Morgan fingerprint density at radius 2 is 1.94 bits per heavy atom. The minimum absolute atomic E-state index is 0.0116. The number of carbonyl (C=O) groups is 1. The molecule has 0 aliphatic heterocycles. The van der Waals surface area contributed by atoms with Crippen molar-refractivity contribution in [2.24, 2.45) is 17.8 Å². The zero-order valence-corrected chi connectivity index (χ0v) is 12.7. The number of rotatable bonds is 3. The van der Waals surface area contributed by atoms with Gasteiger partial charge < -0.3 is 9.47 Å². The molecule has 1 aliphatic rings. The van der Waals surface area contributed by atoms with Gasteiger partial charge in [0.05, 0.1) is 0 Å². The standard InChI is InChI=1S/C13H23BrO3/c1-8(2)11-6-5-9(3)7-12(11)17-13(15)16-10(4)14/h8-12H,5-7H2,1-4H3/t9-,10?,11+,12-/m1/s1. The van der Waals surface area contributed by atoms with Crippen LogP contribution >= 0.6 is 15.9 Å². The molecule has 0 radical (unpaired) electrons. The van der Waals surface area contributed by atoms with Crippen LogP contribution in [0.15, 0.2) is 0 Å². The molecule has 0 N–H and O–H groups in total. The summed E-state index contributed by atoms with van der Waals surface area (Å²) in [5, 5.41) is -0.298. The van der Waals surface area contributed by atoms with Crippen LogP contribution in [0.2, 0.25) is 0 Å². The van der Waals surface area contributed by atoms with E-state index in [0.717, 1.165) is 12.8 Å². The maximum Gasteiger partial charge on any atom is 0.509 e. The molecule has 0 aromatic heterocycles. The number of hydrogen-bond donors (Lipinski definition) is 0. The Balaban J connectivity index is 2.54. The maximum absolute atomic E-state index is 11.5. The molecule has 0 bridgehead atoms. The monoisotopic (exact) mass is 306 g/mol. The number of hydrogen-bond acceptors (Lipinski definition) is 3. The largest absolute Gasteiger partial charge is 0.509 e. The normalized spacial score (nSPS) is 31.1. The van der Waals surface area contributed by atoms with E-state index in [2.05, 4.69) is 36.7 Å². The van der Waals surface area contributed by atoms with Crippen molar-refractivity contribution < 1.29 is 14.3 Å². The lowest BCUT2D eigenvalue weighted by Gasteiger charge is -2.36. The first-order chi connectivity index (χ1) is 7.90. The van der Waals surface area contributed by atoms with Crippen molar-refractivity contribution in [3.8, 4) is 0 Å². The van der Waals surface area contributed by atoms with Crippen LogP contribution in [-0.4, -0.2) is 17.3 Å². The summed E-state index contributed by atoms with van der Waals surface area (Å²) in [6.07, 6.45) is 2.78. The van der Waals surface area contributed by atoms with Gasteiger partial charge in [-0.05, 0) is 53.4 Å². The molecule has 1 saturated carbocycles. The van der Waals surface area contributed by atoms with Crippen molar-refractivity contribution in [2.75, 3.05) is 0 Å². The second-order valence-electron chi connectivity index (χ2n) is 5.39. The molecule has 0 heterocycles. The minimum atomic E-state index is -0.556. The minimum Gasteiger partial charge on any atom is -0.431 e. The van der Waals surface area contributed by atoms with Gasteiger partial charge in [0.1, 0.15) is 6.10 Å². The van der Waals surface area contributed by atoms with E-state index < -0.39 is 6.16 Å². The summed E-state index contributed by atoms with van der Waals surface area (Å²) < 4.78 is 10.4. The summed E-state index contributed by atoms with van der Waals surface area (Å²) in [5.74, 6) is 1.63. The third kappa shape index (κ3) is 4.86. The summed E-state index contributed by atoms with van der Waals surface area (Å²) >= 11 is 3.17. The molecule has 0 aromatic rings. The molecule has 3 nitrogen and oxygen atoms in total. The lowest BCUT2D eigenvalue weighted by molar-refractivity contribution is -0.0329. The second kappa shape index (κ2) is 6.62. The van der Waals surface area contributed by atoms with Crippen LogP contribution in [0.4, 0.5) is 4.79 Å². The van der Waals surface area contributed by atoms with E-state index in [-0.39, 0.29) is 11.1 Å². The van der Waals surface area contributed by atoms with Gasteiger partial charge in [0.2, 0.25) is 0 Å². The van der Waals surface area contributed by atoms with Crippen molar-refractivity contribution in [2.45, 2.75) is 58.1 Å². The first-order valence-corrected chi connectivity index (χ1v) is 7.33. The van der Waals surface area contributed by atoms with Gasteiger partial charge >= 0.3 is 6.16 Å². The van der Waals surface area contributed by atoms with Crippen molar-refractivity contribution in [3.05, 3.63) is 0 Å². The van der Waals surface area contributed by atoms with E-state index >= 15 is 0 Å². The van der Waals surface area contributed by atoms with E-state index in [4.69, 9.17) is 9.47 Å². The second-order valence-corrected chi connectivity index (χ2v) is 6.68. The zero-order valence-electron chi connectivity index (χ0n) is 11.1. The molecule has 0 amide bonds. The van der Waals surface area contributed by atoms with Crippen LogP contribution in [0.3, 0.4) is 0 Å². The van der Waals surface area contributed by atoms with Crippen molar-refractivity contribution in [1.82, 2.24) is 0 Å². The first kappa shape index (κ1) is 14.8. The van der Waals surface area contributed by atoms with Gasteiger partial charge in [0, 0.05) is 0 Å². The Labute approximate surface area is 112 Å².